The first-order valence-corrected chi connectivity index (χ1v) is 11.9. The van der Waals surface area contributed by atoms with Crippen LogP contribution in [-0.4, -0.2) is 30.6 Å². The van der Waals surface area contributed by atoms with Gasteiger partial charge in [-0.25, -0.2) is 0 Å². The molecule has 0 spiro atoms. The zero-order valence-electron chi connectivity index (χ0n) is 19.7. The number of aliphatic carboxylic acids is 1. The second-order valence-electron chi connectivity index (χ2n) is 8.81. The summed E-state index contributed by atoms with van der Waals surface area (Å²) in [5.41, 5.74) is 2.41. The Labute approximate surface area is 203 Å². The first-order chi connectivity index (χ1) is 17.0. The number of nitrogens with one attached hydrogen (secondary N) is 2. The number of furan rings is 1. The Morgan fingerprint density at radius 2 is 1.91 bits per heavy atom. The highest BCUT2D eigenvalue weighted by Gasteiger charge is 2.31. The number of carboxylic acid groups (broad SMARTS) is 1. The van der Waals surface area contributed by atoms with Crippen molar-refractivity contribution in [3.05, 3.63) is 59.4 Å². The molecule has 35 heavy (non-hydrogen) atoms. The van der Waals surface area contributed by atoms with Gasteiger partial charge in [0.15, 0.2) is 0 Å². The number of amides is 1. The second-order valence-corrected chi connectivity index (χ2v) is 8.81. The van der Waals surface area contributed by atoms with Crippen molar-refractivity contribution in [3.8, 4) is 11.8 Å². The highest BCUT2D eigenvalue weighted by Crippen LogP contribution is 2.41. The van der Waals surface area contributed by atoms with Crippen LogP contribution in [0, 0.1) is 17.2 Å². The molecule has 1 fully saturated rings. The normalized spacial score (nSPS) is 14.7. The van der Waals surface area contributed by atoms with Gasteiger partial charge in [-0.05, 0) is 61.2 Å². The van der Waals surface area contributed by atoms with E-state index in [1.54, 1.807) is 19.2 Å². The fourth-order valence-electron chi connectivity index (χ4n) is 4.70. The molecule has 1 heterocycles. The summed E-state index contributed by atoms with van der Waals surface area (Å²) in [7, 11) is 1.59. The highest BCUT2D eigenvalue weighted by atomic mass is 16.5. The van der Waals surface area contributed by atoms with Crippen molar-refractivity contribution in [1.82, 2.24) is 5.32 Å². The number of ether oxygens (including phenoxy) is 1. The van der Waals surface area contributed by atoms with Gasteiger partial charge in [-0.3, -0.25) is 9.59 Å². The molecule has 1 aliphatic rings. The summed E-state index contributed by atoms with van der Waals surface area (Å²) >= 11 is 0. The largest absolute Gasteiger partial charge is 0.497 e. The molecule has 2 aromatic carbocycles. The number of carboxylic acids is 1. The Balaban J connectivity index is 1.61. The standard InChI is InChI=1S/C27H29N3O5/c1-34-20-11-12-23-21(15-20)22(16-28)26(35-23)25(17-5-3-2-4-6-17)30-19-9-7-18(8-10-19)27(33)29-14-13-24(31)32/h7-12,15,17,25,30H,2-6,13-14H2,1H3,(H,29,33)(H,31,32). The monoisotopic (exact) mass is 475 g/mol. The van der Waals surface area contributed by atoms with Crippen LogP contribution in [0.5, 0.6) is 5.75 Å². The summed E-state index contributed by atoms with van der Waals surface area (Å²) in [6.45, 7) is 0.0751. The van der Waals surface area contributed by atoms with Crippen LogP contribution in [-0.2, 0) is 4.79 Å². The van der Waals surface area contributed by atoms with E-state index in [-0.39, 0.29) is 24.9 Å². The molecule has 0 radical (unpaired) electrons. The number of nitrogens with zero attached hydrogens (tertiary/aromatic N) is 1. The van der Waals surface area contributed by atoms with E-state index < -0.39 is 5.97 Å². The predicted molar refractivity (Wildman–Crippen MR) is 131 cm³/mol. The molecule has 0 saturated heterocycles. The number of hydrogen-bond donors (Lipinski definition) is 3. The van der Waals surface area contributed by atoms with Crippen LogP contribution < -0.4 is 15.4 Å². The van der Waals surface area contributed by atoms with E-state index in [1.807, 2.05) is 30.3 Å². The van der Waals surface area contributed by atoms with Crippen LogP contribution >= 0.6 is 0 Å². The Kier molecular flexibility index (Phi) is 7.56. The summed E-state index contributed by atoms with van der Waals surface area (Å²) in [4.78, 5) is 22.9. The summed E-state index contributed by atoms with van der Waals surface area (Å²) in [5, 5.41) is 25.7. The smallest absolute Gasteiger partial charge is 0.305 e. The van der Waals surface area contributed by atoms with Crippen molar-refractivity contribution >= 4 is 28.5 Å². The lowest BCUT2D eigenvalue weighted by Crippen LogP contribution is -2.26. The average Bonchev–Trinajstić information content (AvgIpc) is 3.25. The number of benzene rings is 2. The lowest BCUT2D eigenvalue weighted by atomic mass is 9.82. The fourth-order valence-corrected chi connectivity index (χ4v) is 4.70. The molecule has 0 bridgehead atoms. The molecule has 3 aromatic rings. The van der Waals surface area contributed by atoms with Crippen molar-refractivity contribution in [3.63, 3.8) is 0 Å². The van der Waals surface area contributed by atoms with Gasteiger partial charge in [0.25, 0.3) is 5.91 Å². The van der Waals surface area contributed by atoms with Crippen LogP contribution in [0.2, 0.25) is 0 Å². The topological polar surface area (TPSA) is 125 Å². The number of hydrogen-bond acceptors (Lipinski definition) is 6. The third-order valence-electron chi connectivity index (χ3n) is 6.53. The third-order valence-corrected chi connectivity index (χ3v) is 6.53. The summed E-state index contributed by atoms with van der Waals surface area (Å²) in [6.07, 6.45) is 5.42. The molecule has 1 unspecified atom stereocenters. The van der Waals surface area contributed by atoms with Crippen molar-refractivity contribution in [2.75, 3.05) is 19.0 Å². The quantitative estimate of drug-likeness (QED) is 0.386. The highest BCUT2D eigenvalue weighted by molar-refractivity contribution is 5.94. The van der Waals surface area contributed by atoms with E-state index in [4.69, 9.17) is 14.3 Å². The molecule has 1 atom stereocenters. The average molecular weight is 476 g/mol. The van der Waals surface area contributed by atoms with E-state index in [1.165, 1.54) is 6.42 Å². The number of anilines is 1. The molecule has 1 amide bonds. The van der Waals surface area contributed by atoms with E-state index in [0.717, 1.165) is 36.8 Å². The summed E-state index contributed by atoms with van der Waals surface area (Å²) < 4.78 is 11.6. The Morgan fingerprint density at radius 3 is 2.57 bits per heavy atom. The Hall–Kier alpha value is -3.99. The molecule has 1 saturated carbocycles. The SMILES string of the molecule is COc1ccc2oc(C(Nc3ccc(C(=O)NCCC(=O)O)cc3)C3CCCCC3)c(C#N)c2c1. The number of rotatable bonds is 9. The van der Waals surface area contributed by atoms with Gasteiger partial charge in [0.2, 0.25) is 0 Å². The summed E-state index contributed by atoms with van der Waals surface area (Å²) in [5.74, 6) is 0.315. The molecule has 8 heteroatoms. The van der Waals surface area contributed by atoms with Crippen LogP contribution in [0.1, 0.15) is 66.2 Å². The molecule has 0 aliphatic heterocycles. The van der Waals surface area contributed by atoms with Crippen molar-refractivity contribution < 1.29 is 23.8 Å². The van der Waals surface area contributed by atoms with Crippen LogP contribution in [0.15, 0.2) is 46.9 Å². The maximum absolute atomic E-state index is 12.3. The van der Waals surface area contributed by atoms with Crippen LogP contribution in [0.4, 0.5) is 5.69 Å². The van der Waals surface area contributed by atoms with Gasteiger partial charge in [-0.2, -0.15) is 5.26 Å². The van der Waals surface area contributed by atoms with Gasteiger partial charge in [0, 0.05) is 23.2 Å². The molecule has 182 valence electrons. The lowest BCUT2D eigenvalue weighted by Gasteiger charge is -2.30. The molecule has 8 nitrogen and oxygen atoms in total. The maximum Gasteiger partial charge on any atom is 0.305 e. The zero-order valence-corrected chi connectivity index (χ0v) is 19.7. The number of carbonyl (C=O) groups excluding carboxylic acids is 1. The second kappa shape index (κ2) is 11.0. The molecule has 3 N–H and O–H groups in total. The van der Waals surface area contributed by atoms with Crippen LogP contribution in [0.3, 0.4) is 0 Å². The maximum atomic E-state index is 12.3. The van der Waals surface area contributed by atoms with Gasteiger partial charge >= 0.3 is 5.97 Å². The minimum Gasteiger partial charge on any atom is -0.497 e. The number of carbonyl (C=O) groups is 2. The zero-order chi connectivity index (χ0) is 24.8. The molecule has 1 aromatic heterocycles. The van der Waals surface area contributed by atoms with Gasteiger partial charge in [-0.15, -0.1) is 0 Å². The van der Waals surface area contributed by atoms with E-state index >= 15 is 0 Å². The third kappa shape index (κ3) is 5.57. The number of nitriles is 1. The Bertz CT molecular complexity index is 1240. The Morgan fingerprint density at radius 1 is 1.17 bits per heavy atom. The van der Waals surface area contributed by atoms with Crippen molar-refractivity contribution in [2.24, 2.45) is 5.92 Å². The molecular formula is C27H29N3O5. The van der Waals surface area contributed by atoms with Crippen molar-refractivity contribution in [2.45, 2.75) is 44.6 Å². The number of methoxy groups -OCH3 is 1. The molecule has 1 aliphatic carbocycles. The number of fused-ring (bicyclic) bond motifs is 1. The van der Waals surface area contributed by atoms with Gasteiger partial charge in [0.1, 0.15) is 28.7 Å². The summed E-state index contributed by atoms with van der Waals surface area (Å²) in [6, 6.07) is 14.7. The van der Waals surface area contributed by atoms with E-state index in [0.29, 0.717) is 34.1 Å². The molecular weight excluding hydrogens is 446 g/mol. The molecule has 4 rings (SSSR count). The van der Waals surface area contributed by atoms with E-state index in [2.05, 4.69) is 16.7 Å². The fraction of sp³-hybridized carbons (Fsp3) is 0.370. The first kappa shape index (κ1) is 24.1. The lowest BCUT2D eigenvalue weighted by molar-refractivity contribution is -0.136. The van der Waals surface area contributed by atoms with Gasteiger partial charge < -0.3 is 24.9 Å². The first-order valence-electron chi connectivity index (χ1n) is 11.9. The van der Waals surface area contributed by atoms with Gasteiger partial charge in [-0.1, -0.05) is 19.3 Å². The predicted octanol–water partition coefficient (Wildman–Crippen LogP) is 5.25. The minimum absolute atomic E-state index is 0.0751. The van der Waals surface area contributed by atoms with E-state index in [9.17, 15) is 14.9 Å². The van der Waals surface area contributed by atoms with Crippen molar-refractivity contribution in [1.29, 1.82) is 5.26 Å². The van der Waals surface area contributed by atoms with Crippen LogP contribution in [0.25, 0.3) is 11.0 Å². The minimum atomic E-state index is -0.959. The van der Waals surface area contributed by atoms with Gasteiger partial charge in [0.05, 0.1) is 19.6 Å².